The number of carbonyl (C=O) groups excluding carboxylic acids is 1. The van der Waals surface area contributed by atoms with Gasteiger partial charge in [-0.15, -0.1) is 0 Å². The van der Waals surface area contributed by atoms with E-state index < -0.39 is 0 Å². The van der Waals surface area contributed by atoms with Gasteiger partial charge in [-0.1, -0.05) is 41.4 Å². The van der Waals surface area contributed by atoms with Crippen LogP contribution in [0.5, 0.6) is 0 Å². The van der Waals surface area contributed by atoms with Gasteiger partial charge in [-0.25, -0.2) is 4.98 Å². The molecule has 1 aromatic rings. The number of amides is 1. The van der Waals surface area contributed by atoms with Gasteiger partial charge in [-0.2, -0.15) is 0 Å². The standard InChI is InChI=1S/C13H18BrClN2O/c1-3-13(4-2,8-14)9-17-12(18)11-6-5-10(15)7-16-11/h5-7H,3-4,8-9H2,1-2H3,(H,17,18). The molecule has 1 heterocycles. The summed E-state index contributed by atoms with van der Waals surface area (Å²) >= 11 is 9.26. The van der Waals surface area contributed by atoms with E-state index in [1.165, 1.54) is 6.20 Å². The molecule has 5 heteroatoms. The van der Waals surface area contributed by atoms with E-state index in [2.05, 4.69) is 40.1 Å². The molecular formula is C13H18BrClN2O. The molecule has 0 aromatic carbocycles. The van der Waals surface area contributed by atoms with E-state index >= 15 is 0 Å². The summed E-state index contributed by atoms with van der Waals surface area (Å²) in [5.74, 6) is -0.154. The summed E-state index contributed by atoms with van der Waals surface area (Å²) in [7, 11) is 0. The molecule has 1 amide bonds. The van der Waals surface area contributed by atoms with E-state index in [9.17, 15) is 4.79 Å². The van der Waals surface area contributed by atoms with Gasteiger partial charge >= 0.3 is 0 Å². The predicted octanol–water partition coefficient (Wildman–Crippen LogP) is 3.67. The molecule has 0 fully saturated rings. The minimum atomic E-state index is -0.154. The Morgan fingerprint density at radius 2 is 2.11 bits per heavy atom. The molecule has 100 valence electrons. The SMILES string of the molecule is CCC(CC)(CBr)CNC(=O)c1ccc(Cl)cn1. The average Bonchev–Trinajstić information content (AvgIpc) is 2.41. The van der Waals surface area contributed by atoms with E-state index in [-0.39, 0.29) is 11.3 Å². The topological polar surface area (TPSA) is 42.0 Å². The zero-order chi connectivity index (χ0) is 13.6. The zero-order valence-corrected chi connectivity index (χ0v) is 13.0. The van der Waals surface area contributed by atoms with E-state index in [0.717, 1.165) is 18.2 Å². The highest BCUT2D eigenvalue weighted by molar-refractivity contribution is 9.09. The highest BCUT2D eigenvalue weighted by Crippen LogP contribution is 2.27. The first-order valence-corrected chi connectivity index (χ1v) is 7.52. The minimum Gasteiger partial charge on any atom is -0.350 e. The number of halogens is 2. The van der Waals surface area contributed by atoms with Crippen molar-refractivity contribution in [2.24, 2.45) is 5.41 Å². The van der Waals surface area contributed by atoms with Gasteiger partial charge in [0.05, 0.1) is 5.02 Å². The number of alkyl halides is 1. The number of hydrogen-bond acceptors (Lipinski definition) is 2. The van der Waals surface area contributed by atoms with E-state index in [1.807, 2.05) is 0 Å². The first-order valence-electron chi connectivity index (χ1n) is 6.02. The number of nitrogens with zero attached hydrogens (tertiary/aromatic N) is 1. The fraction of sp³-hybridized carbons (Fsp3) is 0.538. The van der Waals surface area contributed by atoms with Gasteiger partial charge in [0, 0.05) is 18.1 Å². The summed E-state index contributed by atoms with van der Waals surface area (Å²) in [6, 6.07) is 3.30. The first kappa shape index (κ1) is 15.4. The quantitative estimate of drug-likeness (QED) is 0.807. The van der Waals surface area contributed by atoms with E-state index in [0.29, 0.717) is 17.3 Å². The Kier molecular flexibility index (Phi) is 6.09. The van der Waals surface area contributed by atoms with Gasteiger partial charge in [0.15, 0.2) is 0 Å². The van der Waals surface area contributed by atoms with Crippen molar-refractivity contribution in [3.8, 4) is 0 Å². The maximum atomic E-state index is 11.9. The molecule has 1 N–H and O–H groups in total. The van der Waals surface area contributed by atoms with Crippen molar-refractivity contribution in [2.45, 2.75) is 26.7 Å². The lowest BCUT2D eigenvalue weighted by Gasteiger charge is -2.29. The summed E-state index contributed by atoms with van der Waals surface area (Å²) in [5, 5.41) is 4.34. The lowest BCUT2D eigenvalue weighted by molar-refractivity contribution is 0.0927. The second kappa shape index (κ2) is 7.10. The van der Waals surface area contributed by atoms with Crippen molar-refractivity contribution >= 4 is 33.4 Å². The van der Waals surface area contributed by atoms with Crippen molar-refractivity contribution in [3.63, 3.8) is 0 Å². The number of aromatic nitrogens is 1. The number of pyridine rings is 1. The molecule has 0 aliphatic rings. The molecule has 0 radical (unpaired) electrons. The van der Waals surface area contributed by atoms with Crippen LogP contribution < -0.4 is 5.32 Å². The summed E-state index contributed by atoms with van der Waals surface area (Å²) in [6.45, 7) is 4.92. The van der Waals surface area contributed by atoms with Crippen LogP contribution in [-0.4, -0.2) is 22.8 Å². The van der Waals surface area contributed by atoms with Gasteiger partial charge in [0.25, 0.3) is 5.91 Å². The fourth-order valence-corrected chi connectivity index (χ4v) is 2.71. The van der Waals surface area contributed by atoms with Crippen LogP contribution >= 0.6 is 27.5 Å². The Balaban J connectivity index is 2.63. The van der Waals surface area contributed by atoms with Crippen LogP contribution in [0.15, 0.2) is 18.3 Å². The predicted molar refractivity (Wildman–Crippen MR) is 78.4 cm³/mol. The molecule has 0 saturated heterocycles. The molecular weight excluding hydrogens is 316 g/mol. The maximum Gasteiger partial charge on any atom is 0.269 e. The van der Waals surface area contributed by atoms with Gasteiger partial charge in [0.1, 0.15) is 5.69 Å². The van der Waals surface area contributed by atoms with Crippen LogP contribution in [0.4, 0.5) is 0 Å². The van der Waals surface area contributed by atoms with Gasteiger partial charge < -0.3 is 5.32 Å². The van der Waals surface area contributed by atoms with E-state index in [1.54, 1.807) is 12.1 Å². The maximum absolute atomic E-state index is 11.9. The smallest absolute Gasteiger partial charge is 0.269 e. The van der Waals surface area contributed by atoms with Gasteiger partial charge in [-0.05, 0) is 30.4 Å². The fourth-order valence-electron chi connectivity index (χ4n) is 1.60. The van der Waals surface area contributed by atoms with Crippen LogP contribution in [0, 0.1) is 5.41 Å². The highest BCUT2D eigenvalue weighted by atomic mass is 79.9. The Bertz CT molecular complexity index is 382. The molecule has 0 atom stereocenters. The lowest BCUT2D eigenvalue weighted by atomic mass is 9.84. The largest absolute Gasteiger partial charge is 0.350 e. The third kappa shape index (κ3) is 3.95. The minimum absolute atomic E-state index is 0.113. The molecule has 18 heavy (non-hydrogen) atoms. The van der Waals surface area contributed by atoms with Crippen LogP contribution in [0.2, 0.25) is 5.02 Å². The third-order valence-electron chi connectivity index (χ3n) is 3.37. The molecule has 1 rings (SSSR count). The van der Waals surface area contributed by atoms with Crippen molar-refractivity contribution < 1.29 is 4.79 Å². The molecule has 0 unspecified atom stereocenters. The molecule has 0 aliphatic heterocycles. The lowest BCUT2D eigenvalue weighted by Crippen LogP contribution is -2.38. The monoisotopic (exact) mass is 332 g/mol. The summed E-state index contributed by atoms with van der Waals surface area (Å²) in [5.41, 5.74) is 0.511. The number of carbonyl (C=O) groups is 1. The van der Waals surface area contributed by atoms with Crippen molar-refractivity contribution in [1.82, 2.24) is 10.3 Å². The third-order valence-corrected chi connectivity index (χ3v) is 4.78. The Morgan fingerprint density at radius 1 is 1.44 bits per heavy atom. The van der Waals surface area contributed by atoms with Crippen LogP contribution in [0.25, 0.3) is 0 Å². The summed E-state index contributed by atoms with van der Waals surface area (Å²) in [6.07, 6.45) is 3.51. The molecule has 1 aromatic heterocycles. The van der Waals surface area contributed by atoms with Gasteiger partial charge in [0.2, 0.25) is 0 Å². The van der Waals surface area contributed by atoms with Crippen LogP contribution in [0.1, 0.15) is 37.2 Å². The van der Waals surface area contributed by atoms with E-state index in [4.69, 9.17) is 11.6 Å². The van der Waals surface area contributed by atoms with Crippen molar-refractivity contribution in [2.75, 3.05) is 11.9 Å². The molecule has 3 nitrogen and oxygen atoms in total. The van der Waals surface area contributed by atoms with Crippen molar-refractivity contribution in [1.29, 1.82) is 0 Å². The first-order chi connectivity index (χ1) is 8.56. The Morgan fingerprint density at radius 3 is 2.56 bits per heavy atom. The summed E-state index contributed by atoms with van der Waals surface area (Å²) in [4.78, 5) is 15.9. The second-order valence-electron chi connectivity index (χ2n) is 4.39. The zero-order valence-electron chi connectivity index (χ0n) is 10.7. The number of nitrogens with one attached hydrogen (secondary N) is 1. The summed E-state index contributed by atoms with van der Waals surface area (Å²) < 4.78 is 0. The average molecular weight is 334 g/mol. The number of rotatable bonds is 6. The Labute approximate surface area is 121 Å². The molecule has 0 bridgehead atoms. The molecule has 0 saturated carbocycles. The highest BCUT2D eigenvalue weighted by Gasteiger charge is 2.25. The number of hydrogen-bond donors (Lipinski definition) is 1. The normalized spacial score (nSPS) is 11.3. The molecule has 0 spiro atoms. The second-order valence-corrected chi connectivity index (χ2v) is 5.38. The van der Waals surface area contributed by atoms with Gasteiger partial charge in [-0.3, -0.25) is 4.79 Å². The Hall–Kier alpha value is -0.610. The van der Waals surface area contributed by atoms with Crippen molar-refractivity contribution in [3.05, 3.63) is 29.0 Å². The molecule has 0 aliphatic carbocycles. The van der Waals surface area contributed by atoms with Crippen LogP contribution in [-0.2, 0) is 0 Å². The van der Waals surface area contributed by atoms with Crippen LogP contribution in [0.3, 0.4) is 0 Å².